The number of allylic oxidation sites excluding steroid dienone is 1. The molecule has 16 heavy (non-hydrogen) atoms. The summed E-state index contributed by atoms with van der Waals surface area (Å²) in [7, 11) is 0. The minimum absolute atomic E-state index is 0.00852. The summed E-state index contributed by atoms with van der Waals surface area (Å²) < 4.78 is 18.9. The van der Waals surface area contributed by atoms with Crippen molar-refractivity contribution in [2.24, 2.45) is 0 Å². The molecule has 0 aliphatic carbocycles. The molecule has 1 atom stereocenters. The lowest BCUT2D eigenvalue weighted by Gasteiger charge is -2.31. The van der Waals surface area contributed by atoms with E-state index in [0.717, 1.165) is 5.56 Å². The molecular weight excluding hydrogens is 275 g/mol. The fraction of sp³-hybridized carbons (Fsp3) is 0.250. The van der Waals surface area contributed by atoms with Gasteiger partial charge in [0.15, 0.2) is 5.78 Å². The number of rotatable bonds is 1. The van der Waals surface area contributed by atoms with Crippen molar-refractivity contribution in [1.29, 1.82) is 0 Å². The second kappa shape index (κ2) is 4.01. The minimum atomic E-state index is -0.706. The molecule has 4 heteroatoms. The summed E-state index contributed by atoms with van der Waals surface area (Å²) in [5.74, 6) is -0.320. The molecule has 2 rings (SSSR count). The summed E-state index contributed by atoms with van der Waals surface area (Å²) in [6, 6.07) is 4.63. The quantitative estimate of drug-likeness (QED) is 0.791. The summed E-state index contributed by atoms with van der Waals surface area (Å²) in [5.41, 5.74) is 0.0701. The van der Waals surface area contributed by atoms with E-state index in [2.05, 4.69) is 15.9 Å². The van der Waals surface area contributed by atoms with Crippen molar-refractivity contribution in [3.63, 3.8) is 0 Å². The van der Waals surface area contributed by atoms with Crippen LogP contribution < -0.4 is 0 Å². The van der Waals surface area contributed by atoms with Crippen LogP contribution in [0.4, 0.5) is 4.39 Å². The van der Waals surface area contributed by atoms with Gasteiger partial charge in [-0.2, -0.15) is 0 Å². The summed E-state index contributed by atoms with van der Waals surface area (Å²) in [5, 5.41) is 0. The molecule has 0 N–H and O–H groups in total. The van der Waals surface area contributed by atoms with Gasteiger partial charge in [-0.25, -0.2) is 4.39 Å². The number of halogens is 2. The Balaban J connectivity index is 2.39. The van der Waals surface area contributed by atoms with Gasteiger partial charge < -0.3 is 4.74 Å². The molecule has 0 radical (unpaired) electrons. The number of ketones is 1. The van der Waals surface area contributed by atoms with Gasteiger partial charge in [0.05, 0.1) is 17.2 Å². The molecule has 0 saturated heterocycles. The van der Waals surface area contributed by atoms with E-state index in [-0.39, 0.29) is 18.0 Å². The minimum Gasteiger partial charge on any atom is -0.490 e. The SMILES string of the molecule is CC1(c2ccc(F)c(Br)c2)CC(=O)C=CO1. The summed E-state index contributed by atoms with van der Waals surface area (Å²) >= 11 is 3.12. The standard InChI is InChI=1S/C12H10BrFO2/c1-12(7-9(15)4-5-16-12)8-2-3-11(14)10(13)6-8/h2-6H,7H2,1H3. The first-order valence-electron chi connectivity index (χ1n) is 4.84. The fourth-order valence-electron chi connectivity index (χ4n) is 1.69. The van der Waals surface area contributed by atoms with E-state index in [1.165, 1.54) is 18.4 Å². The van der Waals surface area contributed by atoms with E-state index in [4.69, 9.17) is 4.74 Å². The molecule has 1 aromatic rings. The zero-order chi connectivity index (χ0) is 11.8. The average molecular weight is 285 g/mol. The Bertz CT molecular complexity index is 470. The van der Waals surface area contributed by atoms with Crippen LogP contribution in [0, 0.1) is 5.82 Å². The predicted molar refractivity (Wildman–Crippen MR) is 61.3 cm³/mol. The first kappa shape index (κ1) is 11.3. The maximum Gasteiger partial charge on any atom is 0.163 e. The molecule has 0 saturated carbocycles. The van der Waals surface area contributed by atoms with Crippen molar-refractivity contribution in [2.45, 2.75) is 18.9 Å². The third-order valence-corrected chi connectivity index (χ3v) is 3.23. The number of ether oxygens (including phenoxy) is 1. The normalized spacial score (nSPS) is 24.3. The van der Waals surface area contributed by atoms with Crippen LogP contribution in [-0.4, -0.2) is 5.78 Å². The second-order valence-corrected chi connectivity index (χ2v) is 4.78. The van der Waals surface area contributed by atoms with Crippen LogP contribution in [0.25, 0.3) is 0 Å². The van der Waals surface area contributed by atoms with Gasteiger partial charge in [-0.15, -0.1) is 0 Å². The number of carbonyl (C=O) groups excluding carboxylic acids is 1. The third kappa shape index (κ3) is 2.02. The Morgan fingerprint density at radius 2 is 2.25 bits per heavy atom. The van der Waals surface area contributed by atoms with Gasteiger partial charge in [-0.1, -0.05) is 6.07 Å². The molecule has 0 amide bonds. The molecule has 1 unspecified atom stereocenters. The highest BCUT2D eigenvalue weighted by Gasteiger charge is 2.32. The van der Waals surface area contributed by atoms with Crippen molar-refractivity contribution in [3.8, 4) is 0 Å². The number of benzene rings is 1. The second-order valence-electron chi connectivity index (χ2n) is 3.92. The Kier molecular flexibility index (Phi) is 2.84. The van der Waals surface area contributed by atoms with E-state index < -0.39 is 5.60 Å². The van der Waals surface area contributed by atoms with Crippen molar-refractivity contribution in [3.05, 3.63) is 46.4 Å². The van der Waals surface area contributed by atoms with E-state index in [1.54, 1.807) is 12.1 Å². The molecule has 2 nitrogen and oxygen atoms in total. The van der Waals surface area contributed by atoms with Crippen LogP contribution in [0.3, 0.4) is 0 Å². The van der Waals surface area contributed by atoms with Crippen molar-refractivity contribution >= 4 is 21.7 Å². The monoisotopic (exact) mass is 284 g/mol. The summed E-state index contributed by atoms with van der Waals surface area (Å²) in [4.78, 5) is 11.4. The maximum absolute atomic E-state index is 13.1. The topological polar surface area (TPSA) is 26.3 Å². The van der Waals surface area contributed by atoms with Gasteiger partial charge in [0, 0.05) is 6.08 Å². The number of hydrogen-bond donors (Lipinski definition) is 0. The van der Waals surface area contributed by atoms with E-state index in [0.29, 0.717) is 4.47 Å². The van der Waals surface area contributed by atoms with Crippen molar-refractivity contribution in [2.75, 3.05) is 0 Å². The molecule has 1 aliphatic heterocycles. The van der Waals surface area contributed by atoms with Crippen LogP contribution in [0.1, 0.15) is 18.9 Å². The predicted octanol–water partition coefficient (Wildman–Crippen LogP) is 3.31. The van der Waals surface area contributed by atoms with Crippen LogP contribution in [0.2, 0.25) is 0 Å². The van der Waals surface area contributed by atoms with Gasteiger partial charge in [0.2, 0.25) is 0 Å². The molecule has 0 spiro atoms. The molecule has 0 aromatic heterocycles. The molecule has 1 aliphatic rings. The summed E-state index contributed by atoms with van der Waals surface area (Å²) in [6.45, 7) is 1.81. The van der Waals surface area contributed by atoms with Gasteiger partial charge in [0.25, 0.3) is 0 Å². The van der Waals surface area contributed by atoms with Gasteiger partial charge in [-0.05, 0) is 40.5 Å². The van der Waals surface area contributed by atoms with E-state index >= 15 is 0 Å². The largest absolute Gasteiger partial charge is 0.490 e. The fourth-order valence-corrected chi connectivity index (χ4v) is 2.07. The number of hydrogen-bond acceptors (Lipinski definition) is 2. The lowest BCUT2D eigenvalue weighted by Crippen LogP contribution is -2.29. The van der Waals surface area contributed by atoms with Crippen LogP contribution >= 0.6 is 15.9 Å². The third-order valence-electron chi connectivity index (χ3n) is 2.62. The molecule has 0 fully saturated rings. The number of carbonyl (C=O) groups is 1. The average Bonchev–Trinajstić information content (AvgIpc) is 2.21. The molecule has 0 bridgehead atoms. The Morgan fingerprint density at radius 3 is 2.88 bits per heavy atom. The highest BCUT2D eigenvalue weighted by molar-refractivity contribution is 9.10. The van der Waals surface area contributed by atoms with E-state index in [1.807, 2.05) is 6.92 Å². The lowest BCUT2D eigenvalue weighted by molar-refractivity contribution is -0.122. The van der Waals surface area contributed by atoms with Gasteiger partial charge in [-0.3, -0.25) is 4.79 Å². The maximum atomic E-state index is 13.1. The molecule has 1 aromatic carbocycles. The highest BCUT2D eigenvalue weighted by Crippen LogP contribution is 2.34. The highest BCUT2D eigenvalue weighted by atomic mass is 79.9. The van der Waals surface area contributed by atoms with E-state index in [9.17, 15) is 9.18 Å². The van der Waals surface area contributed by atoms with Crippen LogP contribution in [-0.2, 0) is 15.1 Å². The van der Waals surface area contributed by atoms with Gasteiger partial charge in [0.1, 0.15) is 11.4 Å². The molecule has 1 heterocycles. The molecular formula is C12H10BrFO2. The molecule has 84 valence electrons. The van der Waals surface area contributed by atoms with Gasteiger partial charge >= 0.3 is 0 Å². The zero-order valence-corrected chi connectivity index (χ0v) is 10.3. The first-order valence-corrected chi connectivity index (χ1v) is 5.63. The Labute approximate surface area is 101 Å². The zero-order valence-electron chi connectivity index (χ0n) is 8.67. The smallest absolute Gasteiger partial charge is 0.163 e. The summed E-state index contributed by atoms with van der Waals surface area (Å²) in [6.07, 6.45) is 3.06. The Morgan fingerprint density at radius 1 is 1.50 bits per heavy atom. The van der Waals surface area contributed by atoms with Crippen molar-refractivity contribution < 1.29 is 13.9 Å². The van der Waals surface area contributed by atoms with Crippen LogP contribution in [0.15, 0.2) is 35.0 Å². The lowest BCUT2D eigenvalue weighted by atomic mass is 9.89. The Hall–Kier alpha value is -1.16. The van der Waals surface area contributed by atoms with Crippen molar-refractivity contribution in [1.82, 2.24) is 0 Å². The first-order chi connectivity index (χ1) is 7.51. The van der Waals surface area contributed by atoms with Crippen LogP contribution in [0.5, 0.6) is 0 Å².